The fourth-order valence-electron chi connectivity index (χ4n) is 4.57. The van der Waals surface area contributed by atoms with E-state index < -0.39 is 6.10 Å². The van der Waals surface area contributed by atoms with Gasteiger partial charge in [-0.05, 0) is 75.8 Å². The molecule has 1 aliphatic rings. The van der Waals surface area contributed by atoms with E-state index in [1.54, 1.807) is 0 Å². The zero-order chi connectivity index (χ0) is 24.0. The van der Waals surface area contributed by atoms with Crippen LogP contribution in [0.2, 0.25) is 0 Å². The van der Waals surface area contributed by atoms with Crippen LogP contribution < -0.4 is 10.5 Å². The minimum Gasteiger partial charge on any atom is -0.481 e. The van der Waals surface area contributed by atoms with Gasteiger partial charge in [-0.25, -0.2) is 0 Å². The summed E-state index contributed by atoms with van der Waals surface area (Å²) in [6, 6.07) is 12.6. The number of piperidine rings is 1. The molecular weight excluding hydrogens is 410 g/mol. The lowest BCUT2D eigenvalue weighted by Crippen LogP contribution is -2.50. The van der Waals surface area contributed by atoms with E-state index in [4.69, 9.17) is 10.5 Å². The van der Waals surface area contributed by atoms with Crippen molar-refractivity contribution in [1.82, 2.24) is 9.80 Å². The SMILES string of the molecule is CCN(C(=O)C(C)Oc1cc(C)c(N)c(C)c1C)C1CCN(CC=Cc2ccccc2)CC1. The molecule has 0 aliphatic carbocycles. The number of likely N-dealkylation sites (N-methyl/N-ethyl adjacent to an activating group) is 1. The van der Waals surface area contributed by atoms with Crippen molar-refractivity contribution in [2.45, 2.75) is 59.6 Å². The predicted octanol–water partition coefficient (Wildman–Crippen LogP) is 4.99. The molecule has 0 bridgehead atoms. The Hall–Kier alpha value is -2.79. The first-order chi connectivity index (χ1) is 15.8. The van der Waals surface area contributed by atoms with Crippen molar-refractivity contribution in [3.63, 3.8) is 0 Å². The summed E-state index contributed by atoms with van der Waals surface area (Å²) < 4.78 is 6.15. The Morgan fingerprint density at radius 1 is 1.18 bits per heavy atom. The zero-order valence-electron chi connectivity index (χ0n) is 20.8. The molecule has 0 saturated carbocycles. The fraction of sp³-hybridized carbons (Fsp3) is 0.464. The highest BCUT2D eigenvalue weighted by Crippen LogP contribution is 2.30. The minimum atomic E-state index is -0.530. The summed E-state index contributed by atoms with van der Waals surface area (Å²) in [4.78, 5) is 17.8. The van der Waals surface area contributed by atoms with E-state index in [1.165, 1.54) is 5.56 Å². The molecule has 2 aromatic rings. The van der Waals surface area contributed by atoms with E-state index in [-0.39, 0.29) is 11.9 Å². The number of nitrogen functional groups attached to an aromatic ring is 1. The van der Waals surface area contributed by atoms with Crippen LogP contribution in [0.4, 0.5) is 5.69 Å². The highest BCUT2D eigenvalue weighted by atomic mass is 16.5. The first-order valence-corrected chi connectivity index (χ1v) is 12.1. The average molecular weight is 450 g/mol. The number of aryl methyl sites for hydroxylation is 1. The summed E-state index contributed by atoms with van der Waals surface area (Å²) in [6.45, 7) is 13.5. The standard InChI is InChI=1S/C28H39N3O2/c1-6-31(28(32)23(5)33-26-19-20(2)27(29)22(4)21(26)3)25-14-17-30(18-15-25)16-10-13-24-11-8-7-9-12-24/h7-13,19,23,25H,6,14-18,29H2,1-5H3. The van der Waals surface area contributed by atoms with Crippen LogP contribution in [0.1, 0.15) is 48.9 Å². The molecule has 1 aliphatic heterocycles. The Morgan fingerprint density at radius 2 is 1.85 bits per heavy atom. The topological polar surface area (TPSA) is 58.8 Å². The Labute approximate surface area is 199 Å². The van der Waals surface area contributed by atoms with Crippen LogP contribution in [0.25, 0.3) is 6.08 Å². The van der Waals surface area contributed by atoms with Gasteiger partial charge in [0.25, 0.3) is 5.91 Å². The lowest BCUT2D eigenvalue weighted by molar-refractivity contribution is -0.141. The molecule has 33 heavy (non-hydrogen) atoms. The fourth-order valence-corrected chi connectivity index (χ4v) is 4.57. The van der Waals surface area contributed by atoms with Crippen molar-refractivity contribution >= 4 is 17.7 Å². The first-order valence-electron chi connectivity index (χ1n) is 12.1. The molecule has 1 fully saturated rings. The number of rotatable bonds is 8. The maximum atomic E-state index is 13.3. The normalized spacial score (nSPS) is 16.2. The second-order valence-electron chi connectivity index (χ2n) is 9.08. The van der Waals surface area contributed by atoms with Crippen molar-refractivity contribution in [2.24, 2.45) is 0 Å². The number of likely N-dealkylation sites (tertiary alicyclic amines) is 1. The average Bonchev–Trinajstić information content (AvgIpc) is 2.83. The van der Waals surface area contributed by atoms with E-state index in [0.717, 1.165) is 60.6 Å². The number of benzene rings is 2. The summed E-state index contributed by atoms with van der Waals surface area (Å²) >= 11 is 0. The van der Waals surface area contributed by atoms with Crippen LogP contribution >= 0.6 is 0 Å². The van der Waals surface area contributed by atoms with Gasteiger partial charge in [-0.2, -0.15) is 0 Å². The van der Waals surface area contributed by atoms with Gasteiger partial charge in [0.2, 0.25) is 0 Å². The van der Waals surface area contributed by atoms with Gasteiger partial charge in [0.15, 0.2) is 6.10 Å². The van der Waals surface area contributed by atoms with Gasteiger partial charge < -0.3 is 15.4 Å². The lowest BCUT2D eigenvalue weighted by Gasteiger charge is -2.38. The van der Waals surface area contributed by atoms with Gasteiger partial charge in [-0.3, -0.25) is 9.69 Å². The van der Waals surface area contributed by atoms with E-state index in [2.05, 4.69) is 48.2 Å². The third-order valence-corrected chi connectivity index (χ3v) is 6.86. The molecule has 0 aromatic heterocycles. The van der Waals surface area contributed by atoms with Gasteiger partial charge in [0, 0.05) is 37.9 Å². The van der Waals surface area contributed by atoms with Crippen molar-refractivity contribution in [2.75, 3.05) is 31.9 Å². The largest absolute Gasteiger partial charge is 0.481 e. The van der Waals surface area contributed by atoms with E-state index in [9.17, 15) is 4.79 Å². The molecule has 1 unspecified atom stereocenters. The molecule has 1 saturated heterocycles. The summed E-state index contributed by atoms with van der Waals surface area (Å²) in [5.74, 6) is 0.808. The molecule has 1 amide bonds. The number of carbonyl (C=O) groups is 1. The molecule has 0 spiro atoms. The number of nitrogens with zero attached hydrogens (tertiary/aromatic N) is 2. The maximum absolute atomic E-state index is 13.3. The van der Waals surface area contributed by atoms with E-state index in [0.29, 0.717) is 6.54 Å². The zero-order valence-corrected chi connectivity index (χ0v) is 20.8. The van der Waals surface area contributed by atoms with Crippen LogP contribution in [-0.2, 0) is 4.79 Å². The molecule has 0 radical (unpaired) electrons. The van der Waals surface area contributed by atoms with Gasteiger partial charge in [0.1, 0.15) is 5.75 Å². The van der Waals surface area contributed by atoms with Crippen LogP contribution in [0.5, 0.6) is 5.75 Å². The smallest absolute Gasteiger partial charge is 0.263 e. The molecule has 2 N–H and O–H groups in total. The van der Waals surface area contributed by atoms with Gasteiger partial charge in [0.05, 0.1) is 0 Å². The third kappa shape index (κ3) is 6.17. The van der Waals surface area contributed by atoms with Gasteiger partial charge in [-0.1, -0.05) is 42.5 Å². The monoisotopic (exact) mass is 449 g/mol. The number of hydrogen-bond donors (Lipinski definition) is 1. The van der Waals surface area contributed by atoms with Crippen LogP contribution in [0.15, 0.2) is 42.5 Å². The summed E-state index contributed by atoms with van der Waals surface area (Å²) in [6.07, 6.45) is 5.86. The molecule has 1 heterocycles. The molecule has 1 atom stereocenters. The highest BCUT2D eigenvalue weighted by Gasteiger charge is 2.30. The van der Waals surface area contributed by atoms with Gasteiger partial charge >= 0.3 is 0 Å². The molecule has 2 aromatic carbocycles. The number of anilines is 1. The number of hydrogen-bond acceptors (Lipinski definition) is 4. The van der Waals surface area contributed by atoms with Gasteiger partial charge in [-0.15, -0.1) is 0 Å². The minimum absolute atomic E-state index is 0.0615. The number of amides is 1. The van der Waals surface area contributed by atoms with E-state index in [1.807, 2.05) is 44.7 Å². The highest BCUT2D eigenvalue weighted by molar-refractivity contribution is 5.81. The molecular formula is C28H39N3O2. The lowest BCUT2D eigenvalue weighted by atomic mass is 10.0. The number of carbonyl (C=O) groups excluding carboxylic acids is 1. The van der Waals surface area contributed by atoms with E-state index >= 15 is 0 Å². The van der Waals surface area contributed by atoms with Crippen LogP contribution in [-0.4, -0.2) is 54.0 Å². The summed E-state index contributed by atoms with van der Waals surface area (Å²) in [5, 5.41) is 0. The quantitative estimate of drug-likeness (QED) is 0.577. The van der Waals surface area contributed by atoms with Crippen LogP contribution in [0.3, 0.4) is 0 Å². The number of nitrogens with two attached hydrogens (primary N) is 1. The molecule has 5 heteroatoms. The number of ether oxygens (including phenoxy) is 1. The molecule has 3 rings (SSSR count). The maximum Gasteiger partial charge on any atom is 0.263 e. The van der Waals surface area contributed by atoms with Crippen LogP contribution in [0, 0.1) is 20.8 Å². The molecule has 178 valence electrons. The Kier molecular flexibility index (Phi) is 8.56. The van der Waals surface area contributed by atoms with Crippen molar-refractivity contribution < 1.29 is 9.53 Å². The third-order valence-electron chi connectivity index (χ3n) is 6.86. The summed E-state index contributed by atoms with van der Waals surface area (Å²) in [5.41, 5.74) is 11.2. The second-order valence-corrected chi connectivity index (χ2v) is 9.08. The summed E-state index contributed by atoms with van der Waals surface area (Å²) in [7, 11) is 0. The Morgan fingerprint density at radius 3 is 2.48 bits per heavy atom. The van der Waals surface area contributed by atoms with Crippen molar-refractivity contribution in [3.05, 3.63) is 64.7 Å². The first kappa shape index (κ1) is 24.8. The Balaban J connectivity index is 1.55. The van der Waals surface area contributed by atoms with Crippen molar-refractivity contribution in [1.29, 1.82) is 0 Å². The molecule has 5 nitrogen and oxygen atoms in total. The van der Waals surface area contributed by atoms with Crippen molar-refractivity contribution in [3.8, 4) is 5.75 Å². The predicted molar refractivity (Wildman–Crippen MR) is 137 cm³/mol. The Bertz CT molecular complexity index is 963. The second kappa shape index (κ2) is 11.4.